The fourth-order valence-corrected chi connectivity index (χ4v) is 2.92. The van der Waals surface area contributed by atoms with Gasteiger partial charge in [-0.2, -0.15) is 0 Å². The summed E-state index contributed by atoms with van der Waals surface area (Å²) >= 11 is 0. The summed E-state index contributed by atoms with van der Waals surface area (Å²) in [6.07, 6.45) is 4.95. The zero-order valence-corrected chi connectivity index (χ0v) is 15.6. The van der Waals surface area contributed by atoms with E-state index in [0.717, 1.165) is 35.7 Å². The van der Waals surface area contributed by atoms with Gasteiger partial charge in [0.2, 0.25) is 0 Å². The Morgan fingerprint density at radius 1 is 1.30 bits per heavy atom. The molecule has 2 aromatic rings. The molecule has 1 saturated heterocycles. The van der Waals surface area contributed by atoms with Gasteiger partial charge in [-0.3, -0.25) is 0 Å². The highest BCUT2D eigenvalue weighted by Gasteiger charge is 2.34. The van der Waals surface area contributed by atoms with E-state index in [-0.39, 0.29) is 30.4 Å². The third-order valence-electron chi connectivity index (χ3n) is 4.27. The van der Waals surface area contributed by atoms with Crippen molar-refractivity contribution in [1.82, 2.24) is 19.9 Å². The summed E-state index contributed by atoms with van der Waals surface area (Å²) in [6, 6.07) is 4.55. The first kappa shape index (κ1) is 19.7. The topological polar surface area (TPSA) is 54.8 Å². The Labute approximate surface area is 150 Å². The van der Waals surface area contributed by atoms with Crippen LogP contribution in [0, 0.1) is 6.92 Å². The molecule has 1 fully saturated rings. The number of hydrogen-bond acceptors (Lipinski definition) is 4. The fraction of sp³-hybridized carbons (Fsp3) is 0.500. The van der Waals surface area contributed by atoms with Gasteiger partial charge in [0.25, 0.3) is 0 Å². The van der Waals surface area contributed by atoms with E-state index in [2.05, 4.69) is 35.5 Å². The predicted octanol–water partition coefficient (Wildman–Crippen LogP) is 3.19. The monoisotopic (exact) mass is 357 g/mol. The van der Waals surface area contributed by atoms with Gasteiger partial charge in [0.05, 0.1) is 12.0 Å². The Morgan fingerprint density at radius 2 is 2.04 bits per heavy atom. The molecule has 23 heavy (non-hydrogen) atoms. The maximum atomic E-state index is 4.70. The summed E-state index contributed by atoms with van der Waals surface area (Å²) in [6.45, 7) is 7.54. The van der Waals surface area contributed by atoms with Crippen LogP contribution in [0.15, 0.2) is 24.7 Å². The lowest BCUT2D eigenvalue weighted by molar-refractivity contribution is 0.427. The molecule has 0 saturated carbocycles. The summed E-state index contributed by atoms with van der Waals surface area (Å²) in [7, 11) is 1.98. The summed E-state index contributed by atoms with van der Waals surface area (Å²) in [5.74, 6) is 0.939. The number of aryl methyl sites for hydroxylation is 2. The zero-order valence-electron chi connectivity index (χ0n) is 14.0. The molecule has 0 aliphatic carbocycles. The highest BCUT2D eigenvalue weighted by atomic mass is 35.5. The van der Waals surface area contributed by atoms with E-state index in [4.69, 9.17) is 4.98 Å². The van der Waals surface area contributed by atoms with Crippen LogP contribution in [0.4, 0.5) is 5.82 Å². The maximum absolute atomic E-state index is 4.70. The zero-order chi connectivity index (χ0) is 15.0. The molecule has 2 aromatic heterocycles. The number of nitrogens with zero attached hydrogens (tertiary/aromatic N) is 3. The largest absolute Gasteiger partial charge is 0.365 e. The molecule has 1 atom stereocenters. The molecular weight excluding hydrogens is 333 g/mol. The maximum Gasteiger partial charge on any atom is 0.126 e. The Hall–Kier alpha value is -1.30. The van der Waals surface area contributed by atoms with Crippen molar-refractivity contribution in [3.8, 4) is 11.3 Å². The molecule has 1 aliphatic heterocycles. The standard InChI is InChI=1S/C16H23N5.2ClH/c1-11-12(13-9-21(4)10-17-13)5-6-15(19-11)20-14-7-8-18-16(14,2)3;;/h5-6,9-10,14,18H,7-8H2,1-4H3,(H,19,20);2*1H/t14-;;/m1../s1. The van der Waals surface area contributed by atoms with E-state index >= 15 is 0 Å². The Kier molecular flexibility index (Phi) is 6.45. The van der Waals surface area contributed by atoms with Gasteiger partial charge < -0.3 is 15.2 Å². The van der Waals surface area contributed by atoms with Crippen molar-refractivity contribution in [2.24, 2.45) is 7.05 Å². The first-order chi connectivity index (χ1) is 9.95. The van der Waals surface area contributed by atoms with Crippen LogP contribution in [-0.2, 0) is 7.05 Å². The predicted molar refractivity (Wildman–Crippen MR) is 99.8 cm³/mol. The van der Waals surface area contributed by atoms with Crippen molar-refractivity contribution in [2.45, 2.75) is 38.8 Å². The third-order valence-corrected chi connectivity index (χ3v) is 4.27. The van der Waals surface area contributed by atoms with Gasteiger partial charge in [0.15, 0.2) is 0 Å². The Balaban J connectivity index is 0.00000132. The smallest absolute Gasteiger partial charge is 0.126 e. The average molecular weight is 358 g/mol. The normalized spacial score (nSPS) is 18.9. The molecule has 5 nitrogen and oxygen atoms in total. The number of aromatic nitrogens is 3. The molecule has 0 amide bonds. The van der Waals surface area contributed by atoms with E-state index in [9.17, 15) is 0 Å². The van der Waals surface area contributed by atoms with Gasteiger partial charge in [-0.05, 0) is 45.9 Å². The van der Waals surface area contributed by atoms with Gasteiger partial charge in [-0.15, -0.1) is 24.8 Å². The SMILES string of the molecule is Cc1nc(N[C@@H]2CCNC2(C)C)ccc1-c1cn(C)cn1.Cl.Cl. The summed E-state index contributed by atoms with van der Waals surface area (Å²) < 4.78 is 1.95. The molecule has 7 heteroatoms. The third kappa shape index (κ3) is 4.16. The van der Waals surface area contributed by atoms with Gasteiger partial charge in [0.1, 0.15) is 5.82 Å². The van der Waals surface area contributed by atoms with Gasteiger partial charge in [0, 0.05) is 36.1 Å². The summed E-state index contributed by atoms with van der Waals surface area (Å²) in [5.41, 5.74) is 3.17. The van der Waals surface area contributed by atoms with Crippen LogP contribution >= 0.6 is 24.8 Å². The molecule has 3 heterocycles. The average Bonchev–Trinajstić information content (AvgIpc) is 2.97. The number of imidazole rings is 1. The summed E-state index contributed by atoms with van der Waals surface area (Å²) in [4.78, 5) is 9.10. The van der Waals surface area contributed by atoms with E-state index in [1.54, 1.807) is 0 Å². The molecule has 0 aromatic carbocycles. The minimum absolute atomic E-state index is 0. The van der Waals surface area contributed by atoms with E-state index in [1.165, 1.54) is 0 Å². The second kappa shape index (κ2) is 7.51. The number of halogens is 2. The van der Waals surface area contributed by atoms with Crippen molar-refractivity contribution in [1.29, 1.82) is 0 Å². The van der Waals surface area contributed by atoms with Crippen LogP contribution in [0.1, 0.15) is 26.0 Å². The number of pyridine rings is 1. The van der Waals surface area contributed by atoms with Crippen LogP contribution < -0.4 is 10.6 Å². The van der Waals surface area contributed by atoms with E-state index in [1.807, 2.05) is 37.1 Å². The molecule has 128 valence electrons. The molecule has 2 N–H and O–H groups in total. The van der Waals surface area contributed by atoms with Crippen molar-refractivity contribution in [3.63, 3.8) is 0 Å². The van der Waals surface area contributed by atoms with Crippen LogP contribution in [0.3, 0.4) is 0 Å². The molecule has 3 rings (SSSR count). The fourth-order valence-electron chi connectivity index (χ4n) is 2.92. The second-order valence-electron chi connectivity index (χ2n) is 6.39. The van der Waals surface area contributed by atoms with Crippen molar-refractivity contribution < 1.29 is 0 Å². The lowest BCUT2D eigenvalue weighted by Gasteiger charge is -2.28. The van der Waals surface area contributed by atoms with Crippen molar-refractivity contribution in [3.05, 3.63) is 30.4 Å². The van der Waals surface area contributed by atoms with Crippen molar-refractivity contribution in [2.75, 3.05) is 11.9 Å². The van der Waals surface area contributed by atoms with Crippen molar-refractivity contribution >= 4 is 30.6 Å². The highest BCUT2D eigenvalue weighted by molar-refractivity contribution is 5.85. The van der Waals surface area contributed by atoms with Crippen LogP contribution in [-0.4, -0.2) is 32.7 Å². The first-order valence-electron chi connectivity index (χ1n) is 7.43. The van der Waals surface area contributed by atoms with Crippen LogP contribution in [0.5, 0.6) is 0 Å². The minimum Gasteiger partial charge on any atom is -0.365 e. The first-order valence-corrected chi connectivity index (χ1v) is 7.43. The molecule has 0 bridgehead atoms. The Bertz CT molecular complexity index is 654. The molecule has 0 spiro atoms. The van der Waals surface area contributed by atoms with Gasteiger partial charge in [-0.25, -0.2) is 9.97 Å². The molecule has 1 aliphatic rings. The van der Waals surface area contributed by atoms with E-state index in [0.29, 0.717) is 6.04 Å². The quantitative estimate of drug-likeness (QED) is 0.885. The number of rotatable bonds is 3. The van der Waals surface area contributed by atoms with Crippen LogP contribution in [0.25, 0.3) is 11.3 Å². The highest BCUT2D eigenvalue weighted by Crippen LogP contribution is 2.25. The molecule has 0 radical (unpaired) electrons. The van der Waals surface area contributed by atoms with Gasteiger partial charge >= 0.3 is 0 Å². The summed E-state index contributed by atoms with van der Waals surface area (Å²) in [5, 5.41) is 7.07. The lowest BCUT2D eigenvalue weighted by atomic mass is 9.97. The van der Waals surface area contributed by atoms with Crippen LogP contribution in [0.2, 0.25) is 0 Å². The minimum atomic E-state index is 0. The molecule has 0 unspecified atom stereocenters. The molecular formula is C16H25Cl2N5. The van der Waals surface area contributed by atoms with E-state index < -0.39 is 0 Å². The second-order valence-corrected chi connectivity index (χ2v) is 6.39. The number of anilines is 1. The lowest BCUT2D eigenvalue weighted by Crippen LogP contribution is -2.45. The van der Waals surface area contributed by atoms with Gasteiger partial charge in [-0.1, -0.05) is 0 Å². The number of nitrogens with one attached hydrogen (secondary N) is 2. The number of hydrogen-bond donors (Lipinski definition) is 2. The Morgan fingerprint density at radius 3 is 2.57 bits per heavy atom.